The fourth-order valence-electron chi connectivity index (χ4n) is 4.27. The third-order valence-corrected chi connectivity index (χ3v) is 6.28. The summed E-state index contributed by atoms with van der Waals surface area (Å²) >= 11 is 0. The average Bonchev–Trinajstić information content (AvgIpc) is 2.92. The molecule has 0 N–H and O–H groups in total. The van der Waals surface area contributed by atoms with Gasteiger partial charge in [0.15, 0.2) is 0 Å². The predicted molar refractivity (Wildman–Crippen MR) is 108 cm³/mol. The van der Waals surface area contributed by atoms with E-state index in [1.165, 1.54) is 0 Å². The van der Waals surface area contributed by atoms with Crippen molar-refractivity contribution in [1.82, 2.24) is 29.5 Å². The third kappa shape index (κ3) is 4.48. The standard InChI is InChI=1S/C21H30N6O2/c1-16-18(13-23-25(16)3)14-27-10-11-29-21(12-20(27)28)5-8-26(9-6-21)15-19-4-7-22-17(2)24-19/h4,7,13H,5-6,8-12,14-15H2,1-3H3. The molecule has 29 heavy (non-hydrogen) atoms. The molecular formula is C21H30N6O2. The van der Waals surface area contributed by atoms with Gasteiger partial charge in [-0.1, -0.05) is 0 Å². The van der Waals surface area contributed by atoms with E-state index in [-0.39, 0.29) is 11.5 Å². The van der Waals surface area contributed by atoms with Crippen LogP contribution in [0, 0.1) is 13.8 Å². The van der Waals surface area contributed by atoms with Gasteiger partial charge in [-0.25, -0.2) is 9.97 Å². The maximum absolute atomic E-state index is 13.0. The second-order valence-corrected chi connectivity index (χ2v) is 8.27. The summed E-state index contributed by atoms with van der Waals surface area (Å²) in [5, 5.41) is 4.29. The van der Waals surface area contributed by atoms with Crippen molar-refractivity contribution in [3.8, 4) is 0 Å². The zero-order valence-corrected chi connectivity index (χ0v) is 17.6. The number of carbonyl (C=O) groups excluding carboxylic acids is 1. The number of ether oxygens (including phenoxy) is 1. The summed E-state index contributed by atoms with van der Waals surface area (Å²) < 4.78 is 8.14. The van der Waals surface area contributed by atoms with E-state index in [0.717, 1.165) is 55.3 Å². The molecule has 8 heteroatoms. The molecule has 0 radical (unpaired) electrons. The Morgan fingerprint density at radius 1 is 1.17 bits per heavy atom. The van der Waals surface area contributed by atoms with Crippen molar-refractivity contribution >= 4 is 5.91 Å². The summed E-state index contributed by atoms with van der Waals surface area (Å²) in [6.07, 6.45) is 5.89. The summed E-state index contributed by atoms with van der Waals surface area (Å²) in [6, 6.07) is 1.97. The molecule has 0 unspecified atom stereocenters. The second kappa shape index (κ2) is 8.20. The van der Waals surface area contributed by atoms with Crippen molar-refractivity contribution in [1.29, 1.82) is 0 Å². The molecule has 0 atom stereocenters. The van der Waals surface area contributed by atoms with Crippen LogP contribution in [0.4, 0.5) is 0 Å². The zero-order chi connectivity index (χ0) is 20.4. The van der Waals surface area contributed by atoms with Crippen molar-refractivity contribution in [2.45, 2.75) is 51.8 Å². The van der Waals surface area contributed by atoms with E-state index in [1.807, 2.05) is 48.9 Å². The van der Waals surface area contributed by atoms with Gasteiger partial charge in [-0.3, -0.25) is 14.4 Å². The van der Waals surface area contributed by atoms with Crippen LogP contribution >= 0.6 is 0 Å². The van der Waals surface area contributed by atoms with Crippen LogP contribution in [-0.4, -0.2) is 67.3 Å². The minimum absolute atomic E-state index is 0.186. The highest BCUT2D eigenvalue weighted by molar-refractivity contribution is 5.77. The Morgan fingerprint density at radius 3 is 2.66 bits per heavy atom. The summed E-state index contributed by atoms with van der Waals surface area (Å²) in [5.41, 5.74) is 2.93. The normalized spacial score (nSPS) is 20.2. The van der Waals surface area contributed by atoms with Gasteiger partial charge in [-0.05, 0) is 32.8 Å². The van der Waals surface area contributed by atoms with Gasteiger partial charge in [0.1, 0.15) is 5.82 Å². The first-order valence-corrected chi connectivity index (χ1v) is 10.3. The molecular weight excluding hydrogens is 368 g/mol. The van der Waals surface area contributed by atoms with Crippen molar-refractivity contribution in [3.05, 3.63) is 41.2 Å². The first-order valence-electron chi connectivity index (χ1n) is 10.3. The van der Waals surface area contributed by atoms with Crippen molar-refractivity contribution in [2.24, 2.45) is 7.05 Å². The monoisotopic (exact) mass is 398 g/mol. The van der Waals surface area contributed by atoms with Gasteiger partial charge in [0, 0.05) is 57.2 Å². The lowest BCUT2D eigenvalue weighted by atomic mass is 9.87. The van der Waals surface area contributed by atoms with Gasteiger partial charge >= 0.3 is 0 Å². The molecule has 4 rings (SSSR count). The molecule has 156 valence electrons. The smallest absolute Gasteiger partial charge is 0.225 e. The number of hydrogen-bond acceptors (Lipinski definition) is 6. The van der Waals surface area contributed by atoms with E-state index in [1.54, 1.807) is 0 Å². The third-order valence-electron chi connectivity index (χ3n) is 6.28. The molecule has 4 heterocycles. The van der Waals surface area contributed by atoms with Gasteiger partial charge in [0.2, 0.25) is 5.91 Å². The highest BCUT2D eigenvalue weighted by Crippen LogP contribution is 2.33. The maximum Gasteiger partial charge on any atom is 0.225 e. The predicted octanol–water partition coefficient (Wildman–Crippen LogP) is 1.61. The Hall–Kier alpha value is -2.32. The van der Waals surface area contributed by atoms with Crippen LogP contribution in [0.3, 0.4) is 0 Å². The lowest BCUT2D eigenvalue weighted by Gasteiger charge is -2.40. The topological polar surface area (TPSA) is 76.4 Å². The van der Waals surface area contributed by atoms with Gasteiger partial charge in [-0.15, -0.1) is 0 Å². The molecule has 8 nitrogen and oxygen atoms in total. The Kier molecular flexibility index (Phi) is 5.65. The van der Waals surface area contributed by atoms with Crippen LogP contribution in [0.1, 0.15) is 42.0 Å². The van der Waals surface area contributed by atoms with E-state index in [0.29, 0.717) is 26.1 Å². The van der Waals surface area contributed by atoms with Crippen molar-refractivity contribution in [3.63, 3.8) is 0 Å². The summed E-state index contributed by atoms with van der Waals surface area (Å²) in [5.74, 6) is 0.989. The lowest BCUT2D eigenvalue weighted by Crippen LogP contribution is -2.47. The molecule has 0 bridgehead atoms. The number of hydrogen-bond donors (Lipinski definition) is 0. The lowest BCUT2D eigenvalue weighted by molar-refractivity contribution is -0.136. The highest BCUT2D eigenvalue weighted by atomic mass is 16.5. The number of aryl methyl sites for hydroxylation is 2. The van der Waals surface area contributed by atoms with Crippen LogP contribution < -0.4 is 0 Å². The summed E-state index contributed by atoms with van der Waals surface area (Å²) in [4.78, 5) is 26.0. The number of likely N-dealkylation sites (tertiary alicyclic amines) is 1. The molecule has 2 aromatic heterocycles. The Bertz CT molecular complexity index is 872. The van der Waals surface area contributed by atoms with Gasteiger partial charge in [-0.2, -0.15) is 5.10 Å². The zero-order valence-electron chi connectivity index (χ0n) is 17.6. The number of piperidine rings is 1. The van der Waals surface area contributed by atoms with Crippen LogP contribution in [0.5, 0.6) is 0 Å². The van der Waals surface area contributed by atoms with Crippen molar-refractivity contribution < 1.29 is 9.53 Å². The molecule has 1 amide bonds. The van der Waals surface area contributed by atoms with E-state index in [4.69, 9.17) is 4.74 Å². The largest absolute Gasteiger partial charge is 0.373 e. The average molecular weight is 399 g/mol. The molecule has 2 aliphatic heterocycles. The maximum atomic E-state index is 13.0. The quantitative estimate of drug-likeness (QED) is 0.779. The number of carbonyl (C=O) groups is 1. The van der Waals surface area contributed by atoms with E-state index in [9.17, 15) is 4.79 Å². The molecule has 0 aliphatic carbocycles. The van der Waals surface area contributed by atoms with Gasteiger partial charge < -0.3 is 9.64 Å². The molecule has 0 aromatic carbocycles. The minimum atomic E-state index is -0.325. The second-order valence-electron chi connectivity index (χ2n) is 8.27. The van der Waals surface area contributed by atoms with E-state index >= 15 is 0 Å². The van der Waals surface area contributed by atoms with Gasteiger partial charge in [0.05, 0.1) is 30.5 Å². The van der Waals surface area contributed by atoms with E-state index in [2.05, 4.69) is 20.0 Å². The van der Waals surface area contributed by atoms with Crippen LogP contribution in [0.2, 0.25) is 0 Å². The fourth-order valence-corrected chi connectivity index (χ4v) is 4.27. The molecule has 0 saturated carbocycles. The number of aromatic nitrogens is 4. The number of amides is 1. The Labute approximate surface area is 171 Å². The number of rotatable bonds is 4. The number of nitrogens with zero attached hydrogens (tertiary/aromatic N) is 6. The summed E-state index contributed by atoms with van der Waals surface area (Å²) in [7, 11) is 1.93. The van der Waals surface area contributed by atoms with Crippen LogP contribution in [0.15, 0.2) is 18.5 Å². The molecule has 2 saturated heterocycles. The van der Waals surface area contributed by atoms with Gasteiger partial charge in [0.25, 0.3) is 0 Å². The molecule has 1 spiro atoms. The summed E-state index contributed by atoms with van der Waals surface area (Å²) in [6.45, 7) is 8.44. The SMILES string of the molecule is Cc1nccc(CN2CCC3(CC2)CC(=O)N(Cc2cnn(C)c2C)CCO3)n1. The van der Waals surface area contributed by atoms with E-state index < -0.39 is 0 Å². The molecule has 2 aromatic rings. The van der Waals surface area contributed by atoms with Crippen LogP contribution in [-0.2, 0) is 29.7 Å². The Morgan fingerprint density at radius 2 is 1.97 bits per heavy atom. The van der Waals surface area contributed by atoms with Crippen LogP contribution in [0.25, 0.3) is 0 Å². The highest BCUT2D eigenvalue weighted by Gasteiger charge is 2.40. The minimum Gasteiger partial charge on any atom is -0.373 e. The first kappa shape index (κ1) is 20.0. The molecule has 2 aliphatic rings. The fraction of sp³-hybridized carbons (Fsp3) is 0.619. The van der Waals surface area contributed by atoms with Crippen molar-refractivity contribution in [2.75, 3.05) is 26.2 Å². The first-order chi connectivity index (χ1) is 13.9. The molecule has 2 fully saturated rings. The Balaban J connectivity index is 1.35.